The van der Waals surface area contributed by atoms with Gasteiger partial charge in [-0.1, -0.05) is 101 Å². The molecule has 2 N–H and O–H groups in total. The Labute approximate surface area is 399 Å². The van der Waals surface area contributed by atoms with Crippen LogP contribution in [0.5, 0.6) is 5.75 Å². The standard InChI is InChI=1S/C50H66ClFN5O9P/c1-5-6-7-8-9-10-11-12-13-14-15-16-17-18-19-22-27-59-33-39(60-32-37-28-36(31-53)29-38(52)30-37)34-61-67(58,64-42-24-21-20-23-40(42)51)65-45-44-50(45)47(63-48(2,3)66-50)49(4,62-44)43-26-25-41-46(54)55-35-56-57(41)43/h12-13,20-21,23-26,28-30,35,39,44-45,47H,5-11,14-19,22,27,32-34H2,1-4H3,(H2,54,55,56)/b13-12-/t39-,44-,45?,47+,49+,50+,67?/m1/s1. The number of fused-ring (bicyclic) bond motifs is 1. The lowest BCUT2D eigenvalue weighted by atomic mass is 9.91. The Morgan fingerprint density at radius 1 is 0.955 bits per heavy atom. The third kappa shape index (κ3) is 12.6. The van der Waals surface area contributed by atoms with E-state index in [0.29, 0.717) is 29.2 Å². The van der Waals surface area contributed by atoms with E-state index in [1.807, 2.05) is 25.1 Å². The highest BCUT2D eigenvalue weighted by molar-refractivity contribution is 7.49. The molecule has 7 atom stereocenters. The SMILES string of the molecule is CCCCCCCC/C=C\CCCCCCCCOC[C@H](COP(=O)(Oc1ccccc1Cl)OC1[C@H]2O[C@@](C)(c3ccc4c(N)ncnn34)[C@@H]3OC(C)(C)O[C@]123)OCc1cc(F)cc(C#N)c1. The molecule has 4 heterocycles. The number of nitrogens with zero attached hydrogens (tertiary/aromatic N) is 4. The molecule has 7 rings (SSSR count). The first-order valence-electron chi connectivity index (χ1n) is 23.9. The van der Waals surface area contributed by atoms with E-state index >= 15 is 4.57 Å². The molecule has 3 fully saturated rings. The minimum atomic E-state index is -4.59. The van der Waals surface area contributed by atoms with Crippen molar-refractivity contribution in [2.24, 2.45) is 0 Å². The smallest absolute Gasteiger partial charge is 0.402 e. The van der Waals surface area contributed by atoms with Gasteiger partial charge in [-0.2, -0.15) is 10.4 Å². The first-order chi connectivity index (χ1) is 32.3. The number of benzene rings is 2. The van der Waals surface area contributed by atoms with Crippen molar-refractivity contribution in [2.45, 2.75) is 166 Å². The number of nitrogen functional groups attached to an aromatic ring is 1. The Morgan fingerprint density at radius 2 is 1.67 bits per heavy atom. The summed E-state index contributed by atoms with van der Waals surface area (Å²) in [5.41, 5.74) is 5.68. The Morgan fingerprint density at radius 3 is 2.40 bits per heavy atom. The molecule has 4 aromatic rings. The maximum atomic E-state index is 15.0. The molecule has 1 saturated carbocycles. The monoisotopic (exact) mass is 965 g/mol. The highest BCUT2D eigenvalue weighted by Gasteiger charge is 2.88. The highest BCUT2D eigenvalue weighted by Crippen LogP contribution is 2.70. The fraction of sp³-hybridized carbons (Fsp3) is 0.580. The zero-order chi connectivity index (χ0) is 47.5. The summed E-state index contributed by atoms with van der Waals surface area (Å²) in [6, 6.07) is 16.2. The van der Waals surface area contributed by atoms with Crippen molar-refractivity contribution in [1.29, 1.82) is 5.26 Å². The van der Waals surface area contributed by atoms with Crippen molar-refractivity contribution in [1.82, 2.24) is 14.6 Å². The number of unbranched alkanes of at least 4 members (excludes halogenated alkanes) is 12. The zero-order valence-corrected chi connectivity index (χ0v) is 40.9. The van der Waals surface area contributed by atoms with Crippen LogP contribution in [0.3, 0.4) is 0 Å². The van der Waals surface area contributed by atoms with Crippen LogP contribution in [0, 0.1) is 17.1 Å². The van der Waals surface area contributed by atoms with Gasteiger partial charge in [-0.15, -0.1) is 0 Å². The quantitative estimate of drug-likeness (QED) is 0.0310. The van der Waals surface area contributed by atoms with Gasteiger partial charge in [0.05, 0.1) is 42.2 Å². The van der Waals surface area contributed by atoms with E-state index in [0.717, 1.165) is 31.7 Å². The summed E-state index contributed by atoms with van der Waals surface area (Å²) in [6.45, 7) is 7.83. The van der Waals surface area contributed by atoms with E-state index in [4.69, 9.17) is 54.6 Å². The number of aromatic nitrogens is 3. The van der Waals surface area contributed by atoms with Crippen molar-refractivity contribution in [3.05, 3.63) is 101 Å². The van der Waals surface area contributed by atoms with E-state index in [-0.39, 0.29) is 36.2 Å². The summed E-state index contributed by atoms with van der Waals surface area (Å²) in [5.74, 6) is -1.28. The lowest BCUT2D eigenvalue weighted by molar-refractivity contribution is -0.196. The number of ether oxygens (including phenoxy) is 5. The van der Waals surface area contributed by atoms with Gasteiger partial charge in [0.25, 0.3) is 0 Å². The van der Waals surface area contributed by atoms with Gasteiger partial charge in [-0.3, -0.25) is 9.05 Å². The largest absolute Gasteiger partial charge is 0.530 e. The number of nitriles is 1. The van der Waals surface area contributed by atoms with Crippen molar-refractivity contribution < 1.29 is 46.2 Å². The molecule has 3 aliphatic rings. The second-order valence-electron chi connectivity index (χ2n) is 18.4. The summed E-state index contributed by atoms with van der Waals surface area (Å²) in [5, 5.41) is 14.1. The number of phosphoric ester groups is 1. The van der Waals surface area contributed by atoms with Gasteiger partial charge in [-0.25, -0.2) is 18.5 Å². The molecule has 2 aliphatic heterocycles. The van der Waals surface area contributed by atoms with Crippen LogP contribution in [0.4, 0.5) is 10.2 Å². The van der Waals surface area contributed by atoms with Gasteiger partial charge in [0, 0.05) is 6.61 Å². The molecule has 67 heavy (non-hydrogen) atoms. The molecule has 2 unspecified atom stereocenters. The van der Waals surface area contributed by atoms with Crippen LogP contribution in [0.15, 0.2) is 73.1 Å². The molecule has 0 radical (unpaired) electrons. The summed E-state index contributed by atoms with van der Waals surface area (Å²) < 4.78 is 81.8. The Balaban J connectivity index is 0.973. The van der Waals surface area contributed by atoms with Crippen LogP contribution < -0.4 is 10.3 Å². The molecule has 14 nitrogen and oxygen atoms in total. The average molecular weight is 967 g/mol. The molecular weight excluding hydrogens is 900 g/mol. The number of rotatable bonds is 29. The van der Waals surface area contributed by atoms with Crippen molar-refractivity contribution in [3.8, 4) is 11.8 Å². The van der Waals surface area contributed by atoms with Gasteiger partial charge in [0.2, 0.25) is 0 Å². The molecule has 2 aromatic carbocycles. The van der Waals surface area contributed by atoms with Gasteiger partial charge < -0.3 is 33.9 Å². The fourth-order valence-electron chi connectivity index (χ4n) is 9.15. The van der Waals surface area contributed by atoms with E-state index in [9.17, 15) is 9.65 Å². The molecular formula is C50H66ClFN5O9P. The summed E-state index contributed by atoms with van der Waals surface area (Å²) in [4.78, 5) is 4.11. The summed E-state index contributed by atoms with van der Waals surface area (Å²) in [6.07, 6.45) is 19.5. The topological polar surface area (TPSA) is 171 Å². The highest BCUT2D eigenvalue weighted by atomic mass is 35.5. The Bertz CT molecular complexity index is 2380. The first-order valence-corrected chi connectivity index (χ1v) is 25.7. The summed E-state index contributed by atoms with van der Waals surface area (Å²) in [7, 11) is -4.59. The third-order valence-electron chi connectivity index (χ3n) is 12.5. The van der Waals surface area contributed by atoms with Crippen LogP contribution in [0.1, 0.15) is 134 Å². The normalized spacial score (nSPS) is 24.1. The second-order valence-corrected chi connectivity index (χ2v) is 20.3. The number of para-hydroxylation sites is 1. The maximum absolute atomic E-state index is 15.0. The van der Waals surface area contributed by atoms with Crippen LogP contribution in [0.2, 0.25) is 5.02 Å². The molecule has 0 amide bonds. The van der Waals surface area contributed by atoms with Crippen LogP contribution in [-0.4, -0.2) is 70.2 Å². The number of hydrogen-bond donors (Lipinski definition) is 1. The number of nitrogens with two attached hydrogens (primary N) is 1. The van der Waals surface area contributed by atoms with Crippen molar-refractivity contribution >= 4 is 30.8 Å². The lowest BCUT2D eigenvalue weighted by Gasteiger charge is -2.33. The fourth-order valence-corrected chi connectivity index (χ4v) is 10.8. The maximum Gasteiger partial charge on any atom is 0.530 e. The number of phosphoric acid groups is 1. The molecule has 1 spiro atoms. The number of halogens is 2. The number of hydrogen-bond acceptors (Lipinski definition) is 13. The predicted octanol–water partition coefficient (Wildman–Crippen LogP) is 11.7. The van der Waals surface area contributed by atoms with E-state index in [1.165, 1.54) is 76.6 Å². The van der Waals surface area contributed by atoms with Gasteiger partial charge in [-0.05, 0) is 101 Å². The van der Waals surface area contributed by atoms with Crippen LogP contribution >= 0.6 is 19.4 Å². The molecule has 1 aliphatic carbocycles. The predicted molar refractivity (Wildman–Crippen MR) is 253 cm³/mol. The second kappa shape index (κ2) is 23.1. The third-order valence-corrected chi connectivity index (χ3v) is 14.2. The van der Waals surface area contributed by atoms with Crippen LogP contribution in [0.25, 0.3) is 5.52 Å². The first kappa shape index (κ1) is 50.9. The van der Waals surface area contributed by atoms with Gasteiger partial charge in [0.1, 0.15) is 53.4 Å². The molecule has 17 heteroatoms. The number of allylic oxidation sites excluding steroid dienone is 2. The van der Waals surface area contributed by atoms with E-state index in [1.54, 1.807) is 48.7 Å². The van der Waals surface area contributed by atoms with Gasteiger partial charge >= 0.3 is 7.82 Å². The molecule has 2 aromatic heterocycles. The molecule has 0 bridgehead atoms. The Hall–Kier alpha value is -3.94. The molecule has 2 saturated heterocycles. The average Bonchev–Trinajstić information content (AvgIpc) is 3.61. The zero-order valence-electron chi connectivity index (χ0n) is 39.2. The minimum Gasteiger partial charge on any atom is -0.402 e. The van der Waals surface area contributed by atoms with E-state index in [2.05, 4.69) is 29.2 Å². The minimum absolute atomic E-state index is 0.0571. The summed E-state index contributed by atoms with van der Waals surface area (Å²) >= 11 is 6.51. The van der Waals surface area contributed by atoms with E-state index < -0.39 is 55.0 Å². The Kier molecular flexibility index (Phi) is 17.6. The van der Waals surface area contributed by atoms with Crippen molar-refractivity contribution in [3.63, 3.8) is 0 Å². The van der Waals surface area contributed by atoms with Gasteiger partial charge in [0.15, 0.2) is 17.2 Å². The molecule has 364 valence electrons. The van der Waals surface area contributed by atoms with Crippen molar-refractivity contribution in [2.75, 3.05) is 25.6 Å². The number of anilines is 1. The lowest BCUT2D eigenvalue weighted by Crippen LogP contribution is -2.45. The van der Waals surface area contributed by atoms with Crippen LogP contribution in [-0.2, 0) is 49.5 Å².